The van der Waals surface area contributed by atoms with Gasteiger partial charge in [0.1, 0.15) is 23.5 Å². The molecule has 0 aromatic heterocycles. The molecule has 1 unspecified atom stereocenters. The van der Waals surface area contributed by atoms with Gasteiger partial charge in [0.25, 0.3) is 0 Å². The fourth-order valence-electron chi connectivity index (χ4n) is 1.78. The topological polar surface area (TPSA) is 29.5 Å². The molecular weight excluding hydrogens is 354 g/mol. The van der Waals surface area contributed by atoms with Gasteiger partial charge in [-0.3, -0.25) is 0 Å². The number of halogens is 4. The summed E-state index contributed by atoms with van der Waals surface area (Å²) in [7, 11) is 1.50. The second-order valence-corrected chi connectivity index (χ2v) is 5.35. The Morgan fingerprint density at radius 1 is 1.20 bits per heavy atom. The molecular formula is C14H10BrClF2O2. The van der Waals surface area contributed by atoms with Gasteiger partial charge in [-0.2, -0.15) is 0 Å². The Morgan fingerprint density at radius 2 is 1.90 bits per heavy atom. The summed E-state index contributed by atoms with van der Waals surface area (Å²) in [6.45, 7) is 0. The summed E-state index contributed by atoms with van der Waals surface area (Å²) in [5.74, 6) is -0.978. The standard InChI is InChI=1S/C14H10BrClF2O2/c1-20-13-3-2-7(4-9(13)15)14(19)8-5-12(18)10(16)6-11(8)17/h2-6,14,19H,1H3. The molecule has 0 aliphatic rings. The summed E-state index contributed by atoms with van der Waals surface area (Å²) < 4.78 is 32.8. The van der Waals surface area contributed by atoms with Crippen LogP contribution in [0.1, 0.15) is 17.2 Å². The first-order chi connectivity index (χ1) is 9.43. The summed E-state index contributed by atoms with van der Waals surface area (Å²) in [4.78, 5) is 0. The van der Waals surface area contributed by atoms with Crippen molar-refractivity contribution >= 4 is 27.5 Å². The molecule has 0 saturated carbocycles. The molecule has 0 aliphatic heterocycles. The number of aliphatic hydroxyl groups excluding tert-OH is 1. The Hall–Kier alpha value is -1.17. The second kappa shape index (κ2) is 6.08. The Bertz CT molecular complexity index is 649. The highest BCUT2D eigenvalue weighted by molar-refractivity contribution is 9.10. The first-order valence-electron chi connectivity index (χ1n) is 5.60. The smallest absolute Gasteiger partial charge is 0.142 e. The molecule has 0 aliphatic carbocycles. The molecule has 0 radical (unpaired) electrons. The maximum absolute atomic E-state index is 13.8. The molecule has 106 valence electrons. The van der Waals surface area contributed by atoms with Gasteiger partial charge in [0.05, 0.1) is 16.6 Å². The van der Waals surface area contributed by atoms with E-state index in [1.165, 1.54) is 7.11 Å². The molecule has 0 bridgehead atoms. The van der Waals surface area contributed by atoms with E-state index in [9.17, 15) is 13.9 Å². The molecule has 0 saturated heterocycles. The predicted octanol–water partition coefficient (Wildman–Crippen LogP) is 4.47. The van der Waals surface area contributed by atoms with E-state index in [1.807, 2.05) is 0 Å². The van der Waals surface area contributed by atoms with Gasteiger partial charge >= 0.3 is 0 Å². The van der Waals surface area contributed by atoms with Crippen molar-refractivity contribution in [1.29, 1.82) is 0 Å². The molecule has 0 fully saturated rings. The predicted molar refractivity (Wildman–Crippen MR) is 76.1 cm³/mol. The van der Waals surface area contributed by atoms with Gasteiger partial charge in [-0.15, -0.1) is 0 Å². The highest BCUT2D eigenvalue weighted by Gasteiger charge is 2.18. The lowest BCUT2D eigenvalue weighted by Crippen LogP contribution is -2.04. The average Bonchev–Trinajstić information content (AvgIpc) is 2.42. The number of rotatable bonds is 3. The van der Waals surface area contributed by atoms with Gasteiger partial charge in [0.2, 0.25) is 0 Å². The van der Waals surface area contributed by atoms with Crippen molar-refractivity contribution in [1.82, 2.24) is 0 Å². The maximum Gasteiger partial charge on any atom is 0.142 e. The van der Waals surface area contributed by atoms with E-state index in [-0.39, 0.29) is 10.6 Å². The molecule has 2 aromatic carbocycles. The Kier molecular flexibility index (Phi) is 4.62. The van der Waals surface area contributed by atoms with E-state index in [0.29, 0.717) is 15.8 Å². The normalized spacial score (nSPS) is 12.3. The van der Waals surface area contributed by atoms with E-state index in [2.05, 4.69) is 15.9 Å². The average molecular weight is 364 g/mol. The van der Waals surface area contributed by atoms with Crippen molar-refractivity contribution in [2.75, 3.05) is 7.11 Å². The molecule has 2 aromatic rings. The van der Waals surface area contributed by atoms with Crippen LogP contribution in [0.15, 0.2) is 34.8 Å². The maximum atomic E-state index is 13.8. The summed E-state index contributed by atoms with van der Waals surface area (Å²) in [5, 5.41) is 9.84. The SMILES string of the molecule is COc1ccc(C(O)c2cc(F)c(Cl)cc2F)cc1Br. The van der Waals surface area contributed by atoms with Crippen molar-refractivity contribution in [2.24, 2.45) is 0 Å². The molecule has 2 rings (SSSR count). The largest absolute Gasteiger partial charge is 0.496 e. The molecule has 0 amide bonds. The third-order valence-corrected chi connectivity index (χ3v) is 3.74. The van der Waals surface area contributed by atoms with Crippen molar-refractivity contribution in [2.45, 2.75) is 6.10 Å². The van der Waals surface area contributed by atoms with Crippen LogP contribution in [-0.2, 0) is 0 Å². The van der Waals surface area contributed by atoms with Crippen molar-refractivity contribution < 1.29 is 18.6 Å². The number of hydrogen-bond acceptors (Lipinski definition) is 2. The van der Waals surface area contributed by atoms with Gasteiger partial charge in [-0.1, -0.05) is 17.7 Å². The molecule has 0 spiro atoms. The number of benzene rings is 2. The van der Waals surface area contributed by atoms with Crippen LogP contribution in [0.25, 0.3) is 0 Å². The van der Waals surface area contributed by atoms with Gasteiger partial charge in [-0.25, -0.2) is 8.78 Å². The van der Waals surface area contributed by atoms with Crippen LogP contribution < -0.4 is 4.74 Å². The zero-order valence-corrected chi connectivity index (χ0v) is 12.7. The van der Waals surface area contributed by atoms with E-state index in [0.717, 1.165) is 12.1 Å². The van der Waals surface area contributed by atoms with Crippen molar-refractivity contribution in [3.05, 3.63) is 62.6 Å². The van der Waals surface area contributed by atoms with Gasteiger partial charge in [-0.05, 0) is 45.8 Å². The lowest BCUT2D eigenvalue weighted by Gasteiger charge is -2.14. The lowest BCUT2D eigenvalue weighted by molar-refractivity contribution is 0.214. The minimum Gasteiger partial charge on any atom is -0.496 e. The Labute approximate surface area is 128 Å². The molecule has 2 nitrogen and oxygen atoms in total. The lowest BCUT2D eigenvalue weighted by atomic mass is 10.0. The number of aliphatic hydroxyl groups is 1. The fraction of sp³-hybridized carbons (Fsp3) is 0.143. The van der Waals surface area contributed by atoms with Crippen molar-refractivity contribution in [3.63, 3.8) is 0 Å². The zero-order chi connectivity index (χ0) is 14.9. The third-order valence-electron chi connectivity index (χ3n) is 2.83. The van der Waals surface area contributed by atoms with E-state index >= 15 is 0 Å². The zero-order valence-electron chi connectivity index (χ0n) is 10.3. The number of hydrogen-bond donors (Lipinski definition) is 1. The Balaban J connectivity index is 2.43. The van der Waals surface area contributed by atoms with Crippen LogP contribution in [0, 0.1) is 11.6 Å². The quantitative estimate of drug-likeness (QED) is 0.815. The third kappa shape index (κ3) is 2.95. The van der Waals surface area contributed by atoms with E-state index < -0.39 is 17.7 Å². The monoisotopic (exact) mass is 362 g/mol. The molecule has 1 N–H and O–H groups in total. The minimum atomic E-state index is -1.30. The summed E-state index contributed by atoms with van der Waals surface area (Å²) in [6.07, 6.45) is -1.30. The van der Waals surface area contributed by atoms with E-state index in [4.69, 9.17) is 16.3 Å². The van der Waals surface area contributed by atoms with Crippen LogP contribution in [0.4, 0.5) is 8.78 Å². The fourth-order valence-corrected chi connectivity index (χ4v) is 2.49. The van der Waals surface area contributed by atoms with Gasteiger partial charge in [0.15, 0.2) is 0 Å². The first kappa shape index (κ1) is 15.2. The van der Waals surface area contributed by atoms with Crippen LogP contribution in [0.5, 0.6) is 5.75 Å². The highest BCUT2D eigenvalue weighted by atomic mass is 79.9. The Morgan fingerprint density at radius 3 is 2.50 bits per heavy atom. The van der Waals surface area contributed by atoms with Crippen LogP contribution >= 0.6 is 27.5 Å². The van der Waals surface area contributed by atoms with Crippen molar-refractivity contribution in [3.8, 4) is 5.75 Å². The number of ether oxygens (including phenoxy) is 1. The summed E-state index contributed by atoms with van der Waals surface area (Å²) in [6, 6.07) is 6.50. The summed E-state index contributed by atoms with van der Waals surface area (Å²) in [5.41, 5.74) is 0.224. The second-order valence-electron chi connectivity index (χ2n) is 4.08. The highest BCUT2D eigenvalue weighted by Crippen LogP contribution is 2.32. The van der Waals surface area contributed by atoms with Gasteiger partial charge < -0.3 is 9.84 Å². The number of methoxy groups -OCH3 is 1. The van der Waals surface area contributed by atoms with Crippen LogP contribution in [0.3, 0.4) is 0 Å². The van der Waals surface area contributed by atoms with Gasteiger partial charge in [0, 0.05) is 5.56 Å². The van der Waals surface area contributed by atoms with E-state index in [1.54, 1.807) is 18.2 Å². The van der Waals surface area contributed by atoms with Crippen LogP contribution in [-0.4, -0.2) is 12.2 Å². The molecule has 1 atom stereocenters. The minimum absolute atomic E-state index is 0.177. The first-order valence-corrected chi connectivity index (χ1v) is 6.77. The van der Waals surface area contributed by atoms with Crippen LogP contribution in [0.2, 0.25) is 5.02 Å². The summed E-state index contributed by atoms with van der Waals surface area (Å²) >= 11 is 8.75. The molecule has 20 heavy (non-hydrogen) atoms. The molecule has 0 heterocycles. The molecule has 6 heteroatoms.